The summed E-state index contributed by atoms with van der Waals surface area (Å²) in [5, 5.41) is 0. The van der Waals surface area contributed by atoms with E-state index in [1.165, 1.54) is 18.5 Å². The molecular weight excluding hydrogens is 273 g/mol. The van der Waals surface area contributed by atoms with Crippen LogP contribution in [-0.2, 0) is 0 Å². The molecule has 0 aliphatic carbocycles. The van der Waals surface area contributed by atoms with Gasteiger partial charge in [0, 0.05) is 0 Å². The van der Waals surface area contributed by atoms with E-state index in [-0.39, 0.29) is 0 Å². The third-order valence-electron chi connectivity index (χ3n) is 4.19. The van der Waals surface area contributed by atoms with Gasteiger partial charge in [-0.2, -0.15) is 0 Å². The van der Waals surface area contributed by atoms with Gasteiger partial charge >= 0.3 is 0 Å². The van der Waals surface area contributed by atoms with Crippen molar-refractivity contribution < 1.29 is 0 Å². The fourth-order valence-corrected chi connectivity index (χ4v) is 9.79. The van der Waals surface area contributed by atoms with Gasteiger partial charge in [-0.15, -0.1) is 23.8 Å². The van der Waals surface area contributed by atoms with Gasteiger partial charge in [0.25, 0.3) is 0 Å². The van der Waals surface area contributed by atoms with Gasteiger partial charge in [0.15, 0.2) is 0 Å². The lowest BCUT2D eigenvalue weighted by Gasteiger charge is -2.23. The summed E-state index contributed by atoms with van der Waals surface area (Å²) in [6.07, 6.45) is 18.7. The molecule has 1 fully saturated rings. The molecule has 0 aromatic rings. The lowest BCUT2D eigenvalue weighted by Crippen LogP contribution is -2.04. The zero-order valence-corrected chi connectivity index (χ0v) is 15.5. The third kappa shape index (κ3) is 7.17. The highest BCUT2D eigenvalue weighted by molar-refractivity contribution is 7.59. The largest absolute Gasteiger partial charge is 0.107 e. The molecule has 0 aromatic heterocycles. The van der Waals surface area contributed by atoms with Gasteiger partial charge in [0.2, 0.25) is 0 Å². The van der Waals surface area contributed by atoms with Crippen molar-refractivity contribution >= 4 is 23.8 Å². The Kier molecular flexibility index (Phi) is 10.6. The van der Waals surface area contributed by atoms with Crippen molar-refractivity contribution in [1.82, 2.24) is 0 Å². The second-order valence-corrected chi connectivity index (χ2v) is 14.0. The molecule has 1 rings (SSSR count). The number of rotatable bonds is 3. The van der Waals surface area contributed by atoms with Gasteiger partial charge in [-0.1, -0.05) is 20.8 Å². The van der Waals surface area contributed by atoms with Crippen molar-refractivity contribution in [3.05, 3.63) is 0 Å². The molecule has 0 atom stereocenters. The summed E-state index contributed by atoms with van der Waals surface area (Å²) < 4.78 is 0. The highest BCUT2D eigenvalue weighted by Gasteiger charge is 2.13. The van der Waals surface area contributed by atoms with Crippen molar-refractivity contribution in [3.63, 3.8) is 0 Å². The number of hydrogen-bond donors (Lipinski definition) is 0. The first-order valence-corrected chi connectivity index (χ1v) is 13.7. The maximum atomic E-state index is 2.43. The fraction of sp³-hybridized carbons (Fsp3) is 1.00. The van der Waals surface area contributed by atoms with E-state index in [2.05, 4.69) is 20.8 Å². The van der Waals surface area contributed by atoms with Crippen LogP contribution in [0.2, 0.25) is 0 Å². The Morgan fingerprint density at radius 2 is 0.722 bits per heavy atom. The van der Waals surface area contributed by atoms with Crippen LogP contribution in [0.4, 0.5) is 0 Å². The van der Waals surface area contributed by atoms with E-state index in [0.717, 1.165) is 0 Å². The summed E-state index contributed by atoms with van der Waals surface area (Å²) >= 11 is 0. The van der Waals surface area contributed by atoms with Crippen LogP contribution < -0.4 is 0 Å². The Balaban J connectivity index is 2.44. The topological polar surface area (TPSA) is 0 Å². The molecule has 0 nitrogen and oxygen atoms in total. The van der Waals surface area contributed by atoms with E-state index < -0.39 is 0 Å². The molecule has 1 heterocycles. The second-order valence-electron chi connectivity index (χ2n) is 5.36. The van der Waals surface area contributed by atoms with Crippen LogP contribution in [0.15, 0.2) is 0 Å². The highest BCUT2D eigenvalue weighted by Crippen LogP contribution is 2.45. The molecule has 18 heavy (non-hydrogen) atoms. The Morgan fingerprint density at radius 1 is 0.500 bits per heavy atom. The van der Waals surface area contributed by atoms with E-state index >= 15 is 0 Å². The summed E-state index contributed by atoms with van der Waals surface area (Å²) in [6, 6.07) is 0. The van der Waals surface area contributed by atoms with E-state index in [1.807, 2.05) is 0 Å². The molecule has 1 saturated heterocycles. The van der Waals surface area contributed by atoms with Crippen LogP contribution in [0.1, 0.15) is 40.0 Å². The van der Waals surface area contributed by atoms with Crippen LogP contribution in [0.5, 0.6) is 0 Å². The van der Waals surface area contributed by atoms with Crippen molar-refractivity contribution in [2.24, 2.45) is 0 Å². The summed E-state index contributed by atoms with van der Waals surface area (Å²) in [7, 11) is 1.23. The number of hydrogen-bond acceptors (Lipinski definition) is 0. The standard InChI is InChI=1S/C15H33P3/c1-4-16-10-7-12-17(5-2)14-9-15-18(6-3)13-8-11-16/h4-15H2,1-3H3. The van der Waals surface area contributed by atoms with E-state index in [9.17, 15) is 0 Å². The van der Waals surface area contributed by atoms with Gasteiger partial charge < -0.3 is 0 Å². The molecule has 0 bridgehead atoms. The van der Waals surface area contributed by atoms with Gasteiger partial charge in [0.1, 0.15) is 0 Å². The van der Waals surface area contributed by atoms with Crippen LogP contribution >= 0.6 is 23.8 Å². The molecule has 0 aromatic carbocycles. The van der Waals surface area contributed by atoms with Crippen LogP contribution in [0.3, 0.4) is 0 Å². The SMILES string of the molecule is CCP1CCCP(CC)CCCP(CC)CCC1. The predicted octanol–water partition coefficient (Wildman–Crippen LogP) is 5.68. The van der Waals surface area contributed by atoms with Gasteiger partial charge in [-0.3, -0.25) is 0 Å². The normalized spacial score (nSPS) is 32.5. The average molecular weight is 306 g/mol. The lowest BCUT2D eigenvalue weighted by molar-refractivity contribution is 1.01. The van der Waals surface area contributed by atoms with Gasteiger partial charge in [-0.25, -0.2) is 0 Å². The Hall–Kier alpha value is 1.29. The minimum absolute atomic E-state index is 0.410. The Labute approximate surface area is 119 Å². The monoisotopic (exact) mass is 306 g/mol. The summed E-state index contributed by atoms with van der Waals surface area (Å²) in [6.45, 7) is 7.30. The minimum atomic E-state index is 0.410. The molecule has 0 unspecified atom stereocenters. The molecule has 0 N–H and O–H groups in total. The van der Waals surface area contributed by atoms with Crippen molar-refractivity contribution in [2.75, 3.05) is 55.5 Å². The first-order valence-electron chi connectivity index (χ1n) is 7.97. The Morgan fingerprint density at radius 3 is 0.889 bits per heavy atom. The lowest BCUT2D eigenvalue weighted by atomic mass is 10.5. The summed E-state index contributed by atoms with van der Waals surface area (Å²) in [5.74, 6) is 0. The molecule has 3 heteroatoms. The van der Waals surface area contributed by atoms with E-state index in [4.69, 9.17) is 0 Å². The molecular formula is C15H33P3. The fourth-order valence-electron chi connectivity index (χ4n) is 2.84. The third-order valence-corrected chi connectivity index (χ3v) is 12.6. The van der Waals surface area contributed by atoms with E-state index in [1.54, 1.807) is 56.2 Å². The maximum Gasteiger partial charge on any atom is -0.0323 e. The van der Waals surface area contributed by atoms with Gasteiger partial charge in [0.05, 0.1) is 0 Å². The van der Waals surface area contributed by atoms with Gasteiger partial charge in [-0.05, 0) is 74.7 Å². The van der Waals surface area contributed by atoms with Crippen molar-refractivity contribution in [3.8, 4) is 0 Å². The zero-order valence-electron chi connectivity index (χ0n) is 12.8. The van der Waals surface area contributed by atoms with Crippen LogP contribution in [0, 0.1) is 0 Å². The summed E-state index contributed by atoms with van der Waals surface area (Å²) in [4.78, 5) is 0. The molecule has 1 aliphatic rings. The summed E-state index contributed by atoms with van der Waals surface area (Å²) in [5.41, 5.74) is 0. The Bertz CT molecular complexity index is 151. The second kappa shape index (κ2) is 11.0. The first kappa shape index (κ1) is 17.3. The average Bonchev–Trinajstić information content (AvgIpc) is 2.39. The molecule has 0 radical (unpaired) electrons. The minimum Gasteiger partial charge on any atom is -0.107 e. The molecule has 0 amide bonds. The molecule has 108 valence electrons. The van der Waals surface area contributed by atoms with Crippen molar-refractivity contribution in [2.45, 2.75) is 40.0 Å². The predicted molar refractivity (Wildman–Crippen MR) is 95.4 cm³/mol. The first-order chi connectivity index (χ1) is 8.80. The van der Waals surface area contributed by atoms with Crippen LogP contribution in [-0.4, -0.2) is 55.5 Å². The van der Waals surface area contributed by atoms with Crippen LogP contribution in [0.25, 0.3) is 0 Å². The smallest absolute Gasteiger partial charge is 0.0323 e. The van der Waals surface area contributed by atoms with E-state index in [0.29, 0.717) is 23.8 Å². The van der Waals surface area contributed by atoms with Crippen molar-refractivity contribution in [1.29, 1.82) is 0 Å². The molecule has 0 spiro atoms. The highest BCUT2D eigenvalue weighted by atomic mass is 31.1. The molecule has 1 aliphatic heterocycles. The quantitative estimate of drug-likeness (QED) is 0.589. The maximum absolute atomic E-state index is 2.43. The zero-order chi connectivity index (χ0) is 13.2. The molecule has 0 saturated carbocycles.